The van der Waals surface area contributed by atoms with Gasteiger partial charge in [-0.15, -0.1) is 0 Å². The monoisotopic (exact) mass is 235 g/mol. The molecule has 0 atom stereocenters. The third kappa shape index (κ3) is 1.93. The molecule has 0 aliphatic carbocycles. The first-order valence-electron chi connectivity index (χ1n) is 5.23. The maximum absolute atomic E-state index is 11.0. The van der Waals surface area contributed by atoms with Crippen molar-refractivity contribution in [1.29, 1.82) is 0 Å². The van der Waals surface area contributed by atoms with Crippen molar-refractivity contribution in [2.45, 2.75) is 19.8 Å². The van der Waals surface area contributed by atoms with E-state index in [0.717, 1.165) is 0 Å². The molecule has 0 fully saturated rings. The molecule has 0 aliphatic rings. The first-order chi connectivity index (χ1) is 8.00. The standard InChI is InChI=1S/C11H13N3O3/c1-6(2)8-9(11(15)16)17-10(13-8)7-4-5-12-14(7)3/h4-6H,1-3H3,(H,15,16). The van der Waals surface area contributed by atoms with E-state index in [1.165, 1.54) is 0 Å². The van der Waals surface area contributed by atoms with Gasteiger partial charge < -0.3 is 9.52 Å². The van der Waals surface area contributed by atoms with Crippen molar-refractivity contribution < 1.29 is 14.3 Å². The average Bonchev–Trinajstić information content (AvgIpc) is 2.82. The van der Waals surface area contributed by atoms with Crippen LogP contribution in [0.25, 0.3) is 11.6 Å². The van der Waals surface area contributed by atoms with E-state index in [1.807, 2.05) is 13.8 Å². The second kappa shape index (κ2) is 4.04. The lowest BCUT2D eigenvalue weighted by atomic mass is 10.1. The van der Waals surface area contributed by atoms with Gasteiger partial charge in [-0.25, -0.2) is 9.78 Å². The molecular formula is C11H13N3O3. The van der Waals surface area contributed by atoms with Crippen LogP contribution in [-0.2, 0) is 7.05 Å². The molecular weight excluding hydrogens is 222 g/mol. The third-order valence-corrected chi connectivity index (χ3v) is 2.43. The Hall–Kier alpha value is -2.11. The number of oxazole rings is 1. The molecule has 0 unspecified atom stereocenters. The summed E-state index contributed by atoms with van der Waals surface area (Å²) < 4.78 is 6.88. The minimum Gasteiger partial charge on any atom is -0.475 e. The van der Waals surface area contributed by atoms with Gasteiger partial charge in [-0.1, -0.05) is 13.8 Å². The van der Waals surface area contributed by atoms with E-state index in [-0.39, 0.29) is 17.6 Å². The van der Waals surface area contributed by atoms with Gasteiger partial charge in [-0.3, -0.25) is 4.68 Å². The molecule has 0 saturated heterocycles. The number of carboxylic acid groups (broad SMARTS) is 1. The van der Waals surface area contributed by atoms with E-state index in [9.17, 15) is 4.79 Å². The molecule has 2 heterocycles. The summed E-state index contributed by atoms with van der Waals surface area (Å²) in [6, 6.07) is 1.72. The summed E-state index contributed by atoms with van der Waals surface area (Å²) in [4.78, 5) is 15.3. The molecule has 90 valence electrons. The van der Waals surface area contributed by atoms with Gasteiger partial charge in [-0.05, 0) is 12.0 Å². The van der Waals surface area contributed by atoms with Crippen LogP contribution in [-0.4, -0.2) is 25.8 Å². The number of aromatic nitrogens is 3. The van der Waals surface area contributed by atoms with Gasteiger partial charge >= 0.3 is 5.97 Å². The summed E-state index contributed by atoms with van der Waals surface area (Å²) in [5.41, 5.74) is 1.10. The fourth-order valence-electron chi connectivity index (χ4n) is 1.57. The molecule has 0 aliphatic heterocycles. The molecule has 0 saturated carbocycles. The van der Waals surface area contributed by atoms with Crippen LogP contribution >= 0.6 is 0 Å². The molecule has 2 rings (SSSR count). The van der Waals surface area contributed by atoms with E-state index in [0.29, 0.717) is 11.4 Å². The summed E-state index contributed by atoms with van der Waals surface area (Å²) in [6.07, 6.45) is 1.61. The van der Waals surface area contributed by atoms with Crippen LogP contribution in [0.1, 0.15) is 36.0 Å². The van der Waals surface area contributed by atoms with Gasteiger partial charge in [0.15, 0.2) is 0 Å². The van der Waals surface area contributed by atoms with Gasteiger partial charge in [0.25, 0.3) is 0 Å². The van der Waals surface area contributed by atoms with Crippen molar-refractivity contribution in [3.05, 3.63) is 23.7 Å². The predicted molar refractivity (Wildman–Crippen MR) is 59.8 cm³/mol. The number of aromatic carboxylic acids is 1. The summed E-state index contributed by atoms with van der Waals surface area (Å²) in [6.45, 7) is 3.74. The Morgan fingerprint density at radius 1 is 1.53 bits per heavy atom. The molecule has 0 amide bonds. The second-order valence-corrected chi connectivity index (χ2v) is 4.03. The summed E-state index contributed by atoms with van der Waals surface area (Å²) in [7, 11) is 1.75. The number of aryl methyl sites for hydroxylation is 1. The predicted octanol–water partition coefficient (Wildman–Crippen LogP) is 1.90. The van der Waals surface area contributed by atoms with E-state index in [1.54, 1.807) is 24.0 Å². The van der Waals surface area contributed by atoms with Crippen molar-refractivity contribution in [1.82, 2.24) is 14.8 Å². The highest BCUT2D eigenvalue weighted by Crippen LogP contribution is 2.25. The molecule has 0 aromatic carbocycles. The summed E-state index contributed by atoms with van der Waals surface area (Å²) in [5, 5.41) is 13.0. The third-order valence-electron chi connectivity index (χ3n) is 2.43. The zero-order chi connectivity index (χ0) is 12.6. The van der Waals surface area contributed by atoms with E-state index in [4.69, 9.17) is 9.52 Å². The topological polar surface area (TPSA) is 81.2 Å². The van der Waals surface area contributed by atoms with Crippen LogP contribution < -0.4 is 0 Å². The van der Waals surface area contributed by atoms with Gasteiger partial charge in [0.1, 0.15) is 5.69 Å². The van der Waals surface area contributed by atoms with Crippen LogP contribution in [0.15, 0.2) is 16.7 Å². The molecule has 17 heavy (non-hydrogen) atoms. The van der Waals surface area contributed by atoms with Gasteiger partial charge in [0, 0.05) is 13.2 Å². The number of carboxylic acids is 1. The number of nitrogens with zero attached hydrogens (tertiary/aromatic N) is 3. The molecule has 0 spiro atoms. The van der Waals surface area contributed by atoms with Crippen molar-refractivity contribution in [2.75, 3.05) is 0 Å². The molecule has 6 heteroatoms. The van der Waals surface area contributed by atoms with Crippen LogP contribution in [0, 0.1) is 0 Å². The minimum absolute atomic E-state index is 0.00757. The number of hydrogen-bond donors (Lipinski definition) is 1. The van der Waals surface area contributed by atoms with Crippen LogP contribution in [0.4, 0.5) is 0 Å². The quantitative estimate of drug-likeness (QED) is 0.878. The normalized spacial score (nSPS) is 11.1. The zero-order valence-electron chi connectivity index (χ0n) is 9.84. The van der Waals surface area contributed by atoms with Crippen molar-refractivity contribution >= 4 is 5.97 Å². The molecule has 0 bridgehead atoms. The van der Waals surface area contributed by atoms with Crippen LogP contribution in [0.2, 0.25) is 0 Å². The SMILES string of the molecule is CC(C)c1nc(-c2ccnn2C)oc1C(=O)O. The lowest BCUT2D eigenvalue weighted by Gasteiger charge is -1.98. The Morgan fingerprint density at radius 3 is 2.65 bits per heavy atom. The smallest absolute Gasteiger partial charge is 0.373 e. The minimum atomic E-state index is -1.10. The Bertz CT molecular complexity index is 554. The fourth-order valence-corrected chi connectivity index (χ4v) is 1.57. The van der Waals surface area contributed by atoms with Crippen molar-refractivity contribution in [3.8, 4) is 11.6 Å². The largest absolute Gasteiger partial charge is 0.475 e. The number of carbonyl (C=O) groups is 1. The average molecular weight is 235 g/mol. The molecule has 2 aromatic heterocycles. The van der Waals surface area contributed by atoms with Crippen LogP contribution in [0.3, 0.4) is 0 Å². The lowest BCUT2D eigenvalue weighted by Crippen LogP contribution is -2.01. The zero-order valence-corrected chi connectivity index (χ0v) is 9.84. The summed E-state index contributed by atoms with van der Waals surface area (Å²) >= 11 is 0. The maximum atomic E-state index is 11.0. The first kappa shape index (κ1) is 11.4. The van der Waals surface area contributed by atoms with E-state index < -0.39 is 5.97 Å². The number of rotatable bonds is 3. The molecule has 2 aromatic rings. The molecule has 6 nitrogen and oxygen atoms in total. The maximum Gasteiger partial charge on any atom is 0.373 e. The fraction of sp³-hybridized carbons (Fsp3) is 0.364. The highest BCUT2D eigenvalue weighted by atomic mass is 16.4. The highest BCUT2D eigenvalue weighted by Gasteiger charge is 2.23. The second-order valence-electron chi connectivity index (χ2n) is 4.03. The van der Waals surface area contributed by atoms with Crippen molar-refractivity contribution in [2.24, 2.45) is 7.05 Å². The van der Waals surface area contributed by atoms with Crippen LogP contribution in [0.5, 0.6) is 0 Å². The van der Waals surface area contributed by atoms with E-state index in [2.05, 4.69) is 10.1 Å². The molecule has 1 N–H and O–H groups in total. The lowest BCUT2D eigenvalue weighted by molar-refractivity contribution is 0.0661. The Labute approximate surface area is 97.9 Å². The van der Waals surface area contributed by atoms with Crippen molar-refractivity contribution in [3.63, 3.8) is 0 Å². The summed E-state index contributed by atoms with van der Waals surface area (Å²) in [5.74, 6) is -0.927. The van der Waals surface area contributed by atoms with Gasteiger partial charge in [-0.2, -0.15) is 5.10 Å². The van der Waals surface area contributed by atoms with E-state index >= 15 is 0 Å². The Morgan fingerprint density at radius 2 is 2.24 bits per heavy atom. The molecule has 0 radical (unpaired) electrons. The van der Waals surface area contributed by atoms with Gasteiger partial charge in [0.05, 0.1) is 5.69 Å². The number of hydrogen-bond acceptors (Lipinski definition) is 4. The highest BCUT2D eigenvalue weighted by molar-refractivity contribution is 5.86. The first-order valence-corrected chi connectivity index (χ1v) is 5.23. The van der Waals surface area contributed by atoms with Gasteiger partial charge in [0.2, 0.25) is 11.7 Å². The Balaban J connectivity index is 2.55. The Kier molecular flexibility index (Phi) is 2.71.